The molecule has 2 aliphatic rings. The van der Waals surface area contributed by atoms with E-state index in [1.165, 1.54) is 0 Å². The van der Waals surface area contributed by atoms with E-state index >= 15 is 0 Å². The number of thioether (sulfide) groups is 1. The lowest BCUT2D eigenvalue weighted by Crippen LogP contribution is -2.35. The number of furan rings is 1. The second-order valence-corrected chi connectivity index (χ2v) is 8.95. The van der Waals surface area contributed by atoms with Crippen LogP contribution < -0.4 is 0 Å². The van der Waals surface area contributed by atoms with Crippen molar-refractivity contribution in [3.05, 3.63) is 76.7 Å². The largest absolute Gasteiger partial charge is 0.459 e. The van der Waals surface area contributed by atoms with Gasteiger partial charge in [-0.25, -0.2) is 4.99 Å². The Kier molecular flexibility index (Phi) is 4.77. The van der Waals surface area contributed by atoms with Gasteiger partial charge in [0.25, 0.3) is 0 Å². The molecule has 0 bridgehead atoms. The van der Waals surface area contributed by atoms with E-state index in [9.17, 15) is 0 Å². The van der Waals surface area contributed by atoms with E-state index in [1.807, 2.05) is 42.2 Å². The summed E-state index contributed by atoms with van der Waals surface area (Å²) in [6.45, 7) is 2.24. The van der Waals surface area contributed by atoms with Crippen LogP contribution in [0.2, 0.25) is 0 Å². The summed E-state index contributed by atoms with van der Waals surface area (Å²) in [5.74, 6) is 2.92. The Morgan fingerprint density at radius 2 is 2.00 bits per heavy atom. The molecule has 5 rings (SSSR count). The summed E-state index contributed by atoms with van der Waals surface area (Å²) in [6.07, 6.45) is 2.94. The number of rotatable bonds is 4. The molecule has 6 heteroatoms. The van der Waals surface area contributed by atoms with E-state index in [4.69, 9.17) is 9.41 Å². The van der Waals surface area contributed by atoms with Gasteiger partial charge in [0.05, 0.1) is 5.69 Å². The molecular formula is C22H20BrN3OS. The third kappa shape index (κ3) is 3.08. The second kappa shape index (κ2) is 7.41. The molecule has 0 radical (unpaired) electrons. The monoisotopic (exact) mass is 453 g/mol. The van der Waals surface area contributed by atoms with Crippen LogP contribution in [0.1, 0.15) is 36.9 Å². The summed E-state index contributed by atoms with van der Waals surface area (Å²) in [4.78, 5) is 12.1. The lowest BCUT2D eigenvalue weighted by molar-refractivity contribution is 0.226. The summed E-state index contributed by atoms with van der Waals surface area (Å²) < 4.78 is 7.44. The first-order chi connectivity index (χ1) is 13.7. The molecule has 0 spiro atoms. The predicted molar refractivity (Wildman–Crippen MR) is 117 cm³/mol. The molecule has 0 amide bonds. The molecule has 3 atom stereocenters. The first-order valence-corrected chi connectivity index (χ1v) is 11.3. The molecule has 1 aromatic carbocycles. The molecular weight excluding hydrogens is 434 g/mol. The van der Waals surface area contributed by atoms with Crippen molar-refractivity contribution in [2.75, 3.05) is 5.75 Å². The third-order valence-electron chi connectivity index (χ3n) is 5.38. The van der Waals surface area contributed by atoms with Gasteiger partial charge in [-0.2, -0.15) is 0 Å². The van der Waals surface area contributed by atoms with Gasteiger partial charge in [-0.3, -0.25) is 4.98 Å². The fourth-order valence-corrected chi connectivity index (χ4v) is 5.54. The number of fused-ring (bicyclic) bond motifs is 1. The lowest BCUT2D eigenvalue weighted by Gasteiger charge is -2.30. The van der Waals surface area contributed by atoms with Gasteiger partial charge < -0.3 is 9.32 Å². The van der Waals surface area contributed by atoms with Gasteiger partial charge in [0.2, 0.25) is 0 Å². The lowest BCUT2D eigenvalue weighted by atomic mass is 10.0. The van der Waals surface area contributed by atoms with Crippen molar-refractivity contribution in [2.45, 2.75) is 31.5 Å². The van der Waals surface area contributed by atoms with Gasteiger partial charge in [0, 0.05) is 28.0 Å². The highest BCUT2D eigenvalue weighted by molar-refractivity contribution is 9.10. The fourth-order valence-electron chi connectivity index (χ4n) is 3.94. The number of hydrogen-bond donors (Lipinski definition) is 0. The number of nitrogens with zero attached hydrogens (tertiary/aromatic N) is 3. The van der Waals surface area contributed by atoms with Crippen LogP contribution in [0.4, 0.5) is 0 Å². The number of benzene rings is 1. The zero-order chi connectivity index (χ0) is 19.1. The zero-order valence-corrected chi connectivity index (χ0v) is 17.9. The van der Waals surface area contributed by atoms with E-state index in [0.717, 1.165) is 44.6 Å². The number of halogens is 1. The molecule has 0 aliphatic carbocycles. The molecule has 4 heterocycles. The normalized spacial score (nSPS) is 23.7. The van der Waals surface area contributed by atoms with E-state index in [1.54, 1.807) is 0 Å². The Labute approximate surface area is 177 Å². The minimum absolute atomic E-state index is 0.0398. The van der Waals surface area contributed by atoms with Gasteiger partial charge in [0.1, 0.15) is 23.6 Å². The average molecular weight is 454 g/mol. The van der Waals surface area contributed by atoms with Gasteiger partial charge in [0.15, 0.2) is 5.17 Å². The summed E-state index contributed by atoms with van der Waals surface area (Å²) in [6, 6.07) is 18.9. The molecule has 2 aliphatic heterocycles. The standard InChI is InChI=1S/C22H20BrN3OS/c1-2-16-13-28-22-25-20(17-5-3-4-12-24-17)21(26(16)22)19-11-10-18(27-19)14-6-8-15(23)9-7-14/h3-12,16,20-21H,2,13H2,1H3/t16-,20-,21-/m1/s1. The quantitative estimate of drug-likeness (QED) is 0.479. The summed E-state index contributed by atoms with van der Waals surface area (Å²) in [5, 5.41) is 1.12. The summed E-state index contributed by atoms with van der Waals surface area (Å²) >= 11 is 5.34. The summed E-state index contributed by atoms with van der Waals surface area (Å²) in [7, 11) is 0. The molecule has 0 N–H and O–H groups in total. The molecule has 3 aromatic rings. The van der Waals surface area contributed by atoms with Crippen LogP contribution in [-0.4, -0.2) is 26.8 Å². The number of pyridine rings is 1. The third-order valence-corrected chi connectivity index (χ3v) is 7.03. The van der Waals surface area contributed by atoms with Crippen molar-refractivity contribution in [1.82, 2.24) is 9.88 Å². The Hall–Kier alpha value is -2.05. The molecule has 0 unspecified atom stereocenters. The van der Waals surface area contributed by atoms with E-state index in [0.29, 0.717) is 6.04 Å². The maximum atomic E-state index is 6.38. The van der Waals surface area contributed by atoms with Crippen molar-refractivity contribution in [3.8, 4) is 11.3 Å². The number of amidine groups is 1. The minimum atomic E-state index is -0.0398. The Balaban J connectivity index is 1.55. The van der Waals surface area contributed by atoms with E-state index < -0.39 is 0 Å². The molecule has 2 aromatic heterocycles. The smallest absolute Gasteiger partial charge is 0.161 e. The first kappa shape index (κ1) is 18.0. The molecule has 1 fully saturated rings. The topological polar surface area (TPSA) is 41.6 Å². The highest BCUT2D eigenvalue weighted by atomic mass is 79.9. The van der Waals surface area contributed by atoms with Gasteiger partial charge in [-0.15, -0.1) is 0 Å². The van der Waals surface area contributed by atoms with Crippen LogP contribution >= 0.6 is 27.7 Å². The fraction of sp³-hybridized carbons (Fsp3) is 0.273. The van der Waals surface area contributed by atoms with Crippen LogP contribution in [0, 0.1) is 0 Å². The maximum Gasteiger partial charge on any atom is 0.161 e. The second-order valence-electron chi connectivity index (χ2n) is 7.05. The molecule has 1 saturated heterocycles. The van der Waals surface area contributed by atoms with Crippen LogP contribution in [0.15, 0.2) is 74.7 Å². The number of aromatic nitrogens is 1. The zero-order valence-electron chi connectivity index (χ0n) is 15.5. The average Bonchev–Trinajstić information content (AvgIpc) is 3.44. The molecule has 0 saturated carbocycles. The number of hydrogen-bond acceptors (Lipinski definition) is 5. The Bertz CT molecular complexity index is 1000. The van der Waals surface area contributed by atoms with Crippen molar-refractivity contribution in [3.63, 3.8) is 0 Å². The van der Waals surface area contributed by atoms with Crippen molar-refractivity contribution in [2.24, 2.45) is 4.99 Å². The van der Waals surface area contributed by atoms with Crippen molar-refractivity contribution in [1.29, 1.82) is 0 Å². The van der Waals surface area contributed by atoms with Gasteiger partial charge in [-0.1, -0.05) is 52.8 Å². The SMILES string of the molecule is CC[C@@H]1CSC2=N[C@H](c3ccccn3)[C@@H](c3ccc(-c4ccc(Br)cc4)o3)N21. The Morgan fingerprint density at radius 3 is 2.75 bits per heavy atom. The molecule has 28 heavy (non-hydrogen) atoms. The highest BCUT2D eigenvalue weighted by Crippen LogP contribution is 2.49. The maximum absolute atomic E-state index is 6.38. The van der Waals surface area contributed by atoms with Crippen LogP contribution in [0.5, 0.6) is 0 Å². The van der Waals surface area contributed by atoms with Gasteiger partial charge >= 0.3 is 0 Å². The first-order valence-electron chi connectivity index (χ1n) is 9.50. The van der Waals surface area contributed by atoms with Gasteiger partial charge in [-0.05, 0) is 42.8 Å². The predicted octanol–water partition coefficient (Wildman–Crippen LogP) is 6.08. The van der Waals surface area contributed by atoms with Crippen molar-refractivity contribution < 1.29 is 4.42 Å². The highest BCUT2D eigenvalue weighted by Gasteiger charge is 2.46. The van der Waals surface area contributed by atoms with Crippen LogP contribution in [-0.2, 0) is 0 Å². The molecule has 4 nitrogen and oxygen atoms in total. The van der Waals surface area contributed by atoms with Crippen LogP contribution in [0.3, 0.4) is 0 Å². The minimum Gasteiger partial charge on any atom is -0.459 e. The Morgan fingerprint density at radius 1 is 1.14 bits per heavy atom. The molecule has 142 valence electrons. The van der Waals surface area contributed by atoms with E-state index in [-0.39, 0.29) is 12.1 Å². The number of aliphatic imine (C=N–C) groups is 1. The summed E-state index contributed by atoms with van der Waals surface area (Å²) in [5.41, 5.74) is 2.07. The van der Waals surface area contributed by atoms with E-state index in [2.05, 4.69) is 63.1 Å². The van der Waals surface area contributed by atoms with Crippen LogP contribution in [0.25, 0.3) is 11.3 Å². The van der Waals surface area contributed by atoms with Crippen molar-refractivity contribution >= 4 is 32.9 Å².